The van der Waals surface area contributed by atoms with E-state index in [1.54, 1.807) is 6.08 Å². The highest BCUT2D eigenvalue weighted by molar-refractivity contribution is 5.85. The minimum atomic E-state index is -0.362. The summed E-state index contributed by atoms with van der Waals surface area (Å²) < 4.78 is 15.2. The molecule has 0 bridgehead atoms. The fourth-order valence-electron chi connectivity index (χ4n) is 2.30. The molecule has 0 aliphatic heterocycles. The molecule has 3 aromatic rings. The van der Waals surface area contributed by atoms with E-state index in [0.717, 1.165) is 16.6 Å². The highest BCUT2D eigenvalue weighted by atomic mass is 19.1. The summed E-state index contributed by atoms with van der Waals surface area (Å²) in [5.74, 6) is -0.291. The largest absolute Gasteiger partial charge is 0.507 e. The molecule has 0 amide bonds. The Balaban J connectivity index is 2.02. The van der Waals surface area contributed by atoms with Crippen LogP contribution < -0.4 is 0 Å². The van der Waals surface area contributed by atoms with Crippen LogP contribution in [-0.2, 0) is 7.05 Å². The molecule has 20 heavy (non-hydrogen) atoms. The van der Waals surface area contributed by atoms with E-state index < -0.39 is 0 Å². The number of para-hydroxylation sites is 1. The highest BCUT2D eigenvalue weighted by Gasteiger charge is 2.03. The van der Waals surface area contributed by atoms with Crippen LogP contribution in [0.3, 0.4) is 0 Å². The molecular formula is C17H14FNO. The Hall–Kier alpha value is -2.55. The molecule has 1 N–H and O–H groups in total. The van der Waals surface area contributed by atoms with Gasteiger partial charge in [0.15, 0.2) is 0 Å². The maximum Gasteiger partial charge on any atom is 0.124 e. The molecule has 100 valence electrons. The monoisotopic (exact) mass is 267 g/mol. The summed E-state index contributed by atoms with van der Waals surface area (Å²) in [7, 11) is 1.98. The number of fused-ring (bicyclic) bond motifs is 1. The van der Waals surface area contributed by atoms with Gasteiger partial charge in [0.05, 0.1) is 0 Å². The number of benzene rings is 2. The van der Waals surface area contributed by atoms with Gasteiger partial charge in [0.25, 0.3) is 0 Å². The summed E-state index contributed by atoms with van der Waals surface area (Å²) in [5.41, 5.74) is 2.60. The first-order valence-electron chi connectivity index (χ1n) is 6.36. The van der Waals surface area contributed by atoms with Crippen LogP contribution in [0.25, 0.3) is 23.1 Å². The number of aryl methyl sites for hydroxylation is 1. The van der Waals surface area contributed by atoms with Crippen LogP contribution >= 0.6 is 0 Å². The predicted molar refractivity (Wildman–Crippen MR) is 79.9 cm³/mol. The predicted octanol–water partition coefficient (Wildman–Crippen LogP) is 4.19. The molecule has 3 rings (SSSR count). The van der Waals surface area contributed by atoms with Gasteiger partial charge in [-0.05, 0) is 42.5 Å². The lowest BCUT2D eigenvalue weighted by molar-refractivity contribution is 0.472. The lowest BCUT2D eigenvalue weighted by Gasteiger charge is -2.01. The summed E-state index contributed by atoms with van der Waals surface area (Å²) in [4.78, 5) is 0. The van der Waals surface area contributed by atoms with E-state index in [4.69, 9.17) is 0 Å². The number of nitrogens with zero attached hydrogens (tertiary/aromatic N) is 1. The maximum absolute atomic E-state index is 13.2. The summed E-state index contributed by atoms with van der Waals surface area (Å²) in [5, 5.41) is 10.8. The third-order valence-corrected chi connectivity index (χ3v) is 3.41. The van der Waals surface area contributed by atoms with E-state index in [9.17, 15) is 9.50 Å². The van der Waals surface area contributed by atoms with Gasteiger partial charge in [-0.1, -0.05) is 18.2 Å². The van der Waals surface area contributed by atoms with Crippen molar-refractivity contribution in [3.8, 4) is 5.75 Å². The van der Waals surface area contributed by atoms with Gasteiger partial charge in [-0.3, -0.25) is 0 Å². The summed E-state index contributed by atoms with van der Waals surface area (Å²) >= 11 is 0. The van der Waals surface area contributed by atoms with Gasteiger partial charge in [-0.2, -0.15) is 0 Å². The Morgan fingerprint density at radius 3 is 2.65 bits per heavy atom. The quantitative estimate of drug-likeness (QED) is 0.739. The Kier molecular flexibility index (Phi) is 3.03. The second kappa shape index (κ2) is 4.85. The van der Waals surface area contributed by atoms with Crippen molar-refractivity contribution in [2.24, 2.45) is 7.05 Å². The zero-order chi connectivity index (χ0) is 14.1. The van der Waals surface area contributed by atoms with Gasteiger partial charge in [-0.25, -0.2) is 4.39 Å². The molecule has 0 fully saturated rings. The third-order valence-electron chi connectivity index (χ3n) is 3.41. The summed E-state index contributed by atoms with van der Waals surface area (Å²) in [6.45, 7) is 0. The van der Waals surface area contributed by atoms with Crippen LogP contribution in [-0.4, -0.2) is 9.67 Å². The average Bonchev–Trinajstić information content (AvgIpc) is 2.77. The molecule has 3 heteroatoms. The van der Waals surface area contributed by atoms with E-state index in [0.29, 0.717) is 5.56 Å². The van der Waals surface area contributed by atoms with E-state index >= 15 is 0 Å². The van der Waals surface area contributed by atoms with Gasteiger partial charge in [-0.15, -0.1) is 0 Å². The lowest BCUT2D eigenvalue weighted by atomic mass is 10.1. The van der Waals surface area contributed by atoms with Crippen LogP contribution in [0.5, 0.6) is 5.75 Å². The number of phenolic OH excluding ortho intramolecular Hbond substituents is 1. The Morgan fingerprint density at radius 2 is 1.85 bits per heavy atom. The number of aromatic nitrogens is 1. The van der Waals surface area contributed by atoms with Crippen molar-refractivity contribution in [3.63, 3.8) is 0 Å². The zero-order valence-electron chi connectivity index (χ0n) is 11.0. The first-order valence-corrected chi connectivity index (χ1v) is 6.36. The minimum absolute atomic E-state index is 0.0708. The summed E-state index contributed by atoms with van der Waals surface area (Å²) in [6.07, 6.45) is 3.58. The van der Waals surface area contributed by atoms with Gasteiger partial charge in [0.1, 0.15) is 11.6 Å². The van der Waals surface area contributed by atoms with Gasteiger partial charge >= 0.3 is 0 Å². The molecule has 1 heterocycles. The molecule has 0 aliphatic carbocycles. The number of hydrogen-bond donors (Lipinski definition) is 1. The molecule has 0 saturated heterocycles. The fraction of sp³-hybridized carbons (Fsp3) is 0.0588. The number of phenols is 1. The second-order valence-corrected chi connectivity index (χ2v) is 4.72. The van der Waals surface area contributed by atoms with Gasteiger partial charge < -0.3 is 9.67 Å². The molecule has 0 unspecified atom stereocenters. The van der Waals surface area contributed by atoms with Crippen molar-refractivity contribution in [3.05, 3.63) is 65.6 Å². The number of rotatable bonds is 2. The smallest absolute Gasteiger partial charge is 0.124 e. The minimum Gasteiger partial charge on any atom is -0.507 e. The van der Waals surface area contributed by atoms with E-state index in [1.165, 1.54) is 18.2 Å². The van der Waals surface area contributed by atoms with Crippen molar-refractivity contribution in [1.29, 1.82) is 0 Å². The van der Waals surface area contributed by atoms with Crippen LogP contribution in [0.2, 0.25) is 0 Å². The molecular weight excluding hydrogens is 253 g/mol. The van der Waals surface area contributed by atoms with E-state index in [2.05, 4.69) is 10.6 Å². The summed E-state index contributed by atoms with van der Waals surface area (Å²) in [6, 6.07) is 14.1. The van der Waals surface area contributed by atoms with Crippen molar-refractivity contribution in [1.82, 2.24) is 4.57 Å². The topological polar surface area (TPSA) is 25.2 Å². The fourth-order valence-corrected chi connectivity index (χ4v) is 2.30. The first kappa shape index (κ1) is 12.5. The second-order valence-electron chi connectivity index (χ2n) is 4.72. The Labute approximate surface area is 116 Å². The van der Waals surface area contributed by atoms with Gasteiger partial charge in [0, 0.05) is 29.2 Å². The average molecular weight is 267 g/mol. The normalized spacial score (nSPS) is 11.5. The SMILES string of the molecule is Cn1c(C=Cc2cc(F)ccc2O)cc2ccccc21. The molecule has 0 atom stereocenters. The molecule has 0 radical (unpaired) electrons. The van der Waals surface area contributed by atoms with Crippen molar-refractivity contribution in [2.45, 2.75) is 0 Å². The molecule has 2 nitrogen and oxygen atoms in total. The van der Waals surface area contributed by atoms with Crippen LogP contribution in [0.1, 0.15) is 11.3 Å². The van der Waals surface area contributed by atoms with Crippen LogP contribution in [0, 0.1) is 5.82 Å². The number of hydrogen-bond acceptors (Lipinski definition) is 1. The van der Waals surface area contributed by atoms with Crippen molar-refractivity contribution in [2.75, 3.05) is 0 Å². The lowest BCUT2D eigenvalue weighted by Crippen LogP contribution is -1.89. The van der Waals surface area contributed by atoms with Gasteiger partial charge in [0.2, 0.25) is 0 Å². The van der Waals surface area contributed by atoms with Crippen molar-refractivity contribution >= 4 is 23.1 Å². The molecule has 1 aromatic heterocycles. The highest BCUT2D eigenvalue weighted by Crippen LogP contribution is 2.23. The number of halogens is 1. The van der Waals surface area contributed by atoms with E-state index in [1.807, 2.05) is 37.4 Å². The molecule has 2 aromatic carbocycles. The van der Waals surface area contributed by atoms with E-state index in [-0.39, 0.29) is 11.6 Å². The first-order chi connectivity index (χ1) is 9.65. The number of aromatic hydroxyl groups is 1. The third kappa shape index (κ3) is 2.18. The standard InChI is InChI=1S/C17H14FNO/c1-19-15(11-12-4-2-3-5-16(12)19)8-6-13-10-14(18)7-9-17(13)20/h2-11,20H,1H3. The van der Waals surface area contributed by atoms with Crippen LogP contribution in [0.4, 0.5) is 4.39 Å². The molecule has 0 saturated carbocycles. The molecule has 0 spiro atoms. The Bertz CT molecular complexity index is 802. The van der Waals surface area contributed by atoms with Crippen molar-refractivity contribution < 1.29 is 9.50 Å². The molecule has 0 aliphatic rings. The zero-order valence-corrected chi connectivity index (χ0v) is 11.0. The Morgan fingerprint density at radius 1 is 1.05 bits per heavy atom. The maximum atomic E-state index is 13.2. The van der Waals surface area contributed by atoms with Crippen LogP contribution in [0.15, 0.2) is 48.5 Å².